The number of phenols is 3. The van der Waals surface area contributed by atoms with Gasteiger partial charge in [-0.2, -0.15) is 0 Å². The number of aromatic hydroxyl groups is 3. The molecule has 0 spiro atoms. The molecule has 19 heavy (non-hydrogen) atoms. The molecule has 4 nitrogen and oxygen atoms in total. The molecule has 0 bridgehead atoms. The number of ketones is 1. The Kier molecular flexibility index (Phi) is 3.37. The summed E-state index contributed by atoms with van der Waals surface area (Å²) in [6.45, 7) is 0. The van der Waals surface area contributed by atoms with Crippen molar-refractivity contribution in [1.29, 1.82) is 0 Å². The fourth-order valence-electron chi connectivity index (χ4n) is 1.76. The zero-order valence-corrected chi connectivity index (χ0v) is 9.80. The quantitative estimate of drug-likeness (QED) is 0.742. The van der Waals surface area contributed by atoms with Gasteiger partial charge < -0.3 is 15.3 Å². The number of carbonyl (C=O) groups excluding carboxylic acids is 1. The fraction of sp³-hybridized carbons (Fsp3) is 0.0714. The van der Waals surface area contributed by atoms with Crippen LogP contribution in [0.1, 0.15) is 15.9 Å². The summed E-state index contributed by atoms with van der Waals surface area (Å²) < 4.78 is 12.7. The van der Waals surface area contributed by atoms with Crippen LogP contribution in [0.4, 0.5) is 4.39 Å². The van der Waals surface area contributed by atoms with E-state index in [-0.39, 0.29) is 17.7 Å². The van der Waals surface area contributed by atoms with Gasteiger partial charge in [-0.1, -0.05) is 12.1 Å². The maximum Gasteiger partial charge on any atom is 0.174 e. The number of Topliss-reactive ketones (excluding diaryl/α,β-unsaturated/α-hetero) is 1. The SMILES string of the molecule is O=C(Cc1ccc(F)cc1)c1c(O)cc(O)cc1O. The van der Waals surface area contributed by atoms with Gasteiger partial charge in [-0.25, -0.2) is 4.39 Å². The highest BCUT2D eigenvalue weighted by Crippen LogP contribution is 2.32. The Morgan fingerprint density at radius 2 is 1.53 bits per heavy atom. The monoisotopic (exact) mass is 262 g/mol. The van der Waals surface area contributed by atoms with Crippen molar-refractivity contribution in [2.45, 2.75) is 6.42 Å². The highest BCUT2D eigenvalue weighted by Gasteiger charge is 2.18. The van der Waals surface area contributed by atoms with Crippen molar-refractivity contribution in [3.8, 4) is 17.2 Å². The molecule has 0 amide bonds. The van der Waals surface area contributed by atoms with Crippen LogP contribution in [0.2, 0.25) is 0 Å². The van der Waals surface area contributed by atoms with Crippen molar-refractivity contribution in [3.05, 3.63) is 53.3 Å². The molecule has 0 unspecified atom stereocenters. The van der Waals surface area contributed by atoms with Crippen LogP contribution >= 0.6 is 0 Å². The molecule has 0 saturated carbocycles. The van der Waals surface area contributed by atoms with Crippen LogP contribution in [0.5, 0.6) is 17.2 Å². The Morgan fingerprint density at radius 3 is 2.05 bits per heavy atom. The van der Waals surface area contributed by atoms with Gasteiger partial charge >= 0.3 is 0 Å². The van der Waals surface area contributed by atoms with Crippen LogP contribution in [0.15, 0.2) is 36.4 Å². The summed E-state index contributed by atoms with van der Waals surface area (Å²) >= 11 is 0. The van der Waals surface area contributed by atoms with Crippen LogP contribution in [0, 0.1) is 5.82 Å². The van der Waals surface area contributed by atoms with E-state index >= 15 is 0 Å². The molecule has 0 aliphatic carbocycles. The Balaban J connectivity index is 2.28. The maximum absolute atomic E-state index is 12.7. The van der Waals surface area contributed by atoms with E-state index in [0.29, 0.717) is 5.56 Å². The van der Waals surface area contributed by atoms with Gasteiger partial charge in [-0.15, -0.1) is 0 Å². The lowest BCUT2D eigenvalue weighted by Gasteiger charge is -2.07. The number of rotatable bonds is 3. The first kappa shape index (κ1) is 12.9. The Labute approximate surface area is 108 Å². The molecule has 5 heteroatoms. The van der Waals surface area contributed by atoms with Crippen molar-refractivity contribution >= 4 is 5.78 Å². The molecule has 0 saturated heterocycles. The van der Waals surface area contributed by atoms with Gasteiger partial charge in [-0.05, 0) is 17.7 Å². The average molecular weight is 262 g/mol. The summed E-state index contributed by atoms with van der Waals surface area (Å²) in [7, 11) is 0. The third-order valence-electron chi connectivity index (χ3n) is 2.64. The molecule has 2 rings (SSSR count). The van der Waals surface area contributed by atoms with E-state index < -0.39 is 23.1 Å². The fourth-order valence-corrected chi connectivity index (χ4v) is 1.76. The average Bonchev–Trinajstić information content (AvgIpc) is 2.30. The lowest BCUT2D eigenvalue weighted by atomic mass is 10.0. The molecule has 0 heterocycles. The number of phenolic OH excluding ortho intramolecular Hbond substituents is 3. The van der Waals surface area contributed by atoms with Crippen LogP contribution in [0.25, 0.3) is 0 Å². The van der Waals surface area contributed by atoms with Gasteiger partial charge in [0.05, 0.1) is 0 Å². The molecular weight excluding hydrogens is 251 g/mol. The van der Waals surface area contributed by atoms with Crippen molar-refractivity contribution in [3.63, 3.8) is 0 Å². The number of hydrogen-bond acceptors (Lipinski definition) is 4. The number of benzene rings is 2. The highest BCUT2D eigenvalue weighted by molar-refractivity contribution is 6.02. The number of halogens is 1. The molecule has 0 radical (unpaired) electrons. The maximum atomic E-state index is 12.7. The summed E-state index contributed by atoms with van der Waals surface area (Å²) in [5.74, 6) is -2.27. The second-order valence-electron chi connectivity index (χ2n) is 4.09. The summed E-state index contributed by atoms with van der Waals surface area (Å²) in [5, 5.41) is 28.3. The molecule has 0 atom stereocenters. The van der Waals surface area contributed by atoms with Gasteiger partial charge in [-0.3, -0.25) is 4.79 Å². The lowest BCUT2D eigenvalue weighted by Crippen LogP contribution is -2.04. The molecule has 0 aliphatic rings. The third-order valence-corrected chi connectivity index (χ3v) is 2.64. The predicted molar refractivity (Wildman–Crippen MR) is 65.9 cm³/mol. The second-order valence-corrected chi connectivity index (χ2v) is 4.09. The van der Waals surface area contributed by atoms with E-state index in [0.717, 1.165) is 12.1 Å². The van der Waals surface area contributed by atoms with Crippen molar-refractivity contribution < 1.29 is 24.5 Å². The predicted octanol–water partition coefficient (Wildman–Crippen LogP) is 2.37. The molecule has 0 aliphatic heterocycles. The largest absolute Gasteiger partial charge is 0.508 e. The number of carbonyl (C=O) groups is 1. The van der Waals surface area contributed by atoms with Crippen molar-refractivity contribution in [2.75, 3.05) is 0 Å². The minimum atomic E-state index is -0.526. The molecular formula is C14H11FO4. The normalized spacial score (nSPS) is 10.4. The number of hydrogen-bond donors (Lipinski definition) is 3. The Bertz CT molecular complexity index is 597. The van der Waals surface area contributed by atoms with E-state index in [4.69, 9.17) is 5.11 Å². The minimum Gasteiger partial charge on any atom is -0.508 e. The smallest absolute Gasteiger partial charge is 0.174 e. The molecule has 3 N–H and O–H groups in total. The third kappa shape index (κ3) is 2.82. The first-order valence-corrected chi connectivity index (χ1v) is 5.50. The molecule has 2 aromatic rings. The minimum absolute atomic E-state index is 0.0911. The van der Waals surface area contributed by atoms with E-state index in [9.17, 15) is 19.4 Å². The first-order chi connectivity index (χ1) is 8.97. The zero-order valence-electron chi connectivity index (χ0n) is 9.80. The highest BCUT2D eigenvalue weighted by atomic mass is 19.1. The summed E-state index contributed by atoms with van der Waals surface area (Å²) in [5.41, 5.74) is 0.292. The topological polar surface area (TPSA) is 77.8 Å². The lowest BCUT2D eigenvalue weighted by molar-refractivity contribution is 0.0987. The van der Waals surface area contributed by atoms with Gasteiger partial charge in [0, 0.05) is 18.6 Å². The zero-order chi connectivity index (χ0) is 14.0. The Hall–Kier alpha value is -2.56. The summed E-state index contributed by atoms with van der Waals surface area (Å²) in [6.07, 6.45) is -0.0911. The van der Waals surface area contributed by atoms with E-state index in [1.54, 1.807) is 0 Å². The van der Waals surface area contributed by atoms with E-state index in [1.165, 1.54) is 24.3 Å². The molecule has 2 aromatic carbocycles. The van der Waals surface area contributed by atoms with Gasteiger partial charge in [0.25, 0.3) is 0 Å². The van der Waals surface area contributed by atoms with Crippen LogP contribution < -0.4 is 0 Å². The van der Waals surface area contributed by atoms with Crippen molar-refractivity contribution in [2.24, 2.45) is 0 Å². The second kappa shape index (κ2) is 4.97. The molecule has 98 valence electrons. The summed E-state index contributed by atoms with van der Waals surface area (Å²) in [6, 6.07) is 7.27. The van der Waals surface area contributed by atoms with Gasteiger partial charge in [0.2, 0.25) is 0 Å². The van der Waals surface area contributed by atoms with E-state index in [2.05, 4.69) is 0 Å². The van der Waals surface area contributed by atoms with Crippen LogP contribution in [-0.4, -0.2) is 21.1 Å². The van der Waals surface area contributed by atoms with Crippen molar-refractivity contribution in [1.82, 2.24) is 0 Å². The standard InChI is InChI=1S/C14H11FO4/c15-9-3-1-8(2-4-9)5-11(17)14-12(18)6-10(16)7-13(14)19/h1-4,6-7,16,18-19H,5H2. The first-order valence-electron chi connectivity index (χ1n) is 5.50. The molecule has 0 fully saturated rings. The Morgan fingerprint density at radius 1 is 1.00 bits per heavy atom. The van der Waals surface area contributed by atoms with Crippen LogP contribution in [0.3, 0.4) is 0 Å². The van der Waals surface area contributed by atoms with Gasteiger partial charge in [0.15, 0.2) is 5.78 Å². The summed E-state index contributed by atoms with van der Waals surface area (Å²) in [4.78, 5) is 12.0. The van der Waals surface area contributed by atoms with Gasteiger partial charge in [0.1, 0.15) is 28.6 Å². The van der Waals surface area contributed by atoms with Crippen LogP contribution in [-0.2, 0) is 6.42 Å². The van der Waals surface area contributed by atoms with E-state index in [1.807, 2.05) is 0 Å². The molecule has 0 aromatic heterocycles.